The molecule has 4 nitrogen and oxygen atoms in total. The van der Waals surface area contributed by atoms with Crippen LogP contribution in [0.15, 0.2) is 24.3 Å². The van der Waals surface area contributed by atoms with Crippen LogP contribution >= 0.6 is 11.3 Å². The molecule has 1 N–H and O–H groups in total. The summed E-state index contributed by atoms with van der Waals surface area (Å²) < 4.78 is 45.2. The lowest BCUT2D eigenvalue weighted by molar-refractivity contribution is -0.137. The van der Waals surface area contributed by atoms with E-state index in [9.17, 15) is 22.8 Å². The highest BCUT2D eigenvalue weighted by atomic mass is 32.1. The van der Waals surface area contributed by atoms with Crippen LogP contribution in [0.5, 0.6) is 0 Å². The number of rotatable bonds is 3. The van der Waals surface area contributed by atoms with Crippen molar-refractivity contribution in [3.63, 3.8) is 0 Å². The van der Waals surface area contributed by atoms with Crippen LogP contribution < -0.4 is 5.32 Å². The minimum absolute atomic E-state index is 0.161. The Morgan fingerprint density at radius 3 is 2.46 bits per heavy atom. The highest BCUT2D eigenvalue weighted by molar-refractivity contribution is 7.17. The van der Waals surface area contributed by atoms with Gasteiger partial charge in [-0.15, -0.1) is 11.3 Å². The molecule has 0 saturated carbocycles. The topological polar surface area (TPSA) is 55.4 Å². The van der Waals surface area contributed by atoms with Crippen molar-refractivity contribution in [1.29, 1.82) is 0 Å². The number of Topliss-reactive ketones (excluding diaryl/α,β-unsaturated/α-hetero) is 1. The number of ether oxygens (including phenoxy) is 1. The summed E-state index contributed by atoms with van der Waals surface area (Å²) in [4.78, 5) is 26.5. The molecular formula is C20H20F3NO3S. The molecule has 8 heteroatoms. The Morgan fingerprint density at radius 1 is 1.14 bits per heavy atom. The first-order valence-electron chi connectivity index (χ1n) is 8.75. The summed E-state index contributed by atoms with van der Waals surface area (Å²) in [5, 5.41) is 2.83. The third-order valence-electron chi connectivity index (χ3n) is 4.43. The highest BCUT2D eigenvalue weighted by Crippen LogP contribution is 2.40. The maximum absolute atomic E-state index is 13.2. The van der Waals surface area contributed by atoms with Gasteiger partial charge in [-0.1, -0.05) is 32.9 Å². The summed E-state index contributed by atoms with van der Waals surface area (Å²) in [6.07, 6.45) is -4.13. The minimum atomic E-state index is -4.65. The Bertz CT molecular complexity index is 926. The minimum Gasteiger partial charge on any atom is -0.376 e. The van der Waals surface area contributed by atoms with Gasteiger partial charge in [0.25, 0.3) is 5.91 Å². The molecule has 0 bridgehead atoms. The number of nitrogens with one attached hydrogen (secondary N) is 1. The van der Waals surface area contributed by atoms with Crippen molar-refractivity contribution in [2.45, 2.75) is 40.0 Å². The van der Waals surface area contributed by atoms with Gasteiger partial charge in [-0.3, -0.25) is 9.59 Å². The Labute approximate surface area is 164 Å². The molecule has 1 aromatic heterocycles. The smallest absolute Gasteiger partial charge is 0.376 e. The normalized spacial score (nSPS) is 14.5. The summed E-state index contributed by atoms with van der Waals surface area (Å²) in [5.41, 5.74) is -0.992. The number of fused-ring (bicyclic) bond motifs is 1. The van der Waals surface area contributed by atoms with E-state index in [0.29, 0.717) is 25.2 Å². The number of alkyl halides is 3. The number of thiophene rings is 1. The van der Waals surface area contributed by atoms with Crippen LogP contribution in [0.3, 0.4) is 0 Å². The van der Waals surface area contributed by atoms with Gasteiger partial charge in [0.05, 0.1) is 29.9 Å². The number of carbonyl (C=O) groups is 2. The summed E-state index contributed by atoms with van der Waals surface area (Å²) in [5.74, 6) is -1.05. The van der Waals surface area contributed by atoms with Gasteiger partial charge < -0.3 is 10.1 Å². The lowest BCUT2D eigenvalue weighted by atomic mass is 9.84. The fraction of sp³-hybridized carbons (Fsp3) is 0.400. The zero-order valence-electron chi connectivity index (χ0n) is 15.7. The summed E-state index contributed by atoms with van der Waals surface area (Å²) in [7, 11) is 0. The molecule has 28 heavy (non-hydrogen) atoms. The Morgan fingerprint density at radius 2 is 1.82 bits per heavy atom. The lowest BCUT2D eigenvalue weighted by Crippen LogP contribution is -2.24. The molecule has 0 atom stereocenters. The number of benzene rings is 1. The predicted molar refractivity (Wildman–Crippen MR) is 101 cm³/mol. The van der Waals surface area contributed by atoms with Crippen LogP contribution in [0.25, 0.3) is 0 Å². The maximum Gasteiger partial charge on any atom is 0.417 e. The number of hydrogen-bond donors (Lipinski definition) is 1. The number of halogens is 3. The van der Waals surface area contributed by atoms with Gasteiger partial charge >= 0.3 is 6.18 Å². The Hall–Kier alpha value is -2.19. The molecule has 1 amide bonds. The number of amides is 1. The first-order valence-corrected chi connectivity index (χ1v) is 9.56. The van der Waals surface area contributed by atoms with E-state index in [2.05, 4.69) is 5.32 Å². The zero-order chi connectivity index (χ0) is 20.7. The highest BCUT2D eigenvalue weighted by Gasteiger charge is 2.36. The number of anilines is 1. The number of hydrogen-bond acceptors (Lipinski definition) is 4. The van der Waals surface area contributed by atoms with E-state index in [0.717, 1.165) is 22.6 Å². The molecule has 2 aromatic rings. The quantitative estimate of drug-likeness (QED) is 0.696. The van der Waals surface area contributed by atoms with E-state index >= 15 is 0 Å². The van der Waals surface area contributed by atoms with Crippen LogP contribution in [0.2, 0.25) is 0 Å². The molecule has 3 rings (SSSR count). The van der Waals surface area contributed by atoms with Crippen molar-refractivity contribution >= 4 is 28.0 Å². The van der Waals surface area contributed by atoms with Crippen LogP contribution in [-0.2, 0) is 23.9 Å². The first kappa shape index (κ1) is 20.5. The third-order valence-corrected chi connectivity index (χ3v) is 5.55. The number of carbonyl (C=O) groups excluding carboxylic acids is 2. The molecule has 2 heterocycles. The van der Waals surface area contributed by atoms with Crippen molar-refractivity contribution in [2.24, 2.45) is 5.41 Å². The average Bonchev–Trinajstić information content (AvgIpc) is 2.97. The summed E-state index contributed by atoms with van der Waals surface area (Å²) in [6.45, 7) is 6.08. The van der Waals surface area contributed by atoms with E-state index in [1.54, 1.807) is 20.8 Å². The van der Waals surface area contributed by atoms with Gasteiger partial charge in [0, 0.05) is 10.3 Å². The van der Waals surface area contributed by atoms with Gasteiger partial charge in [-0.05, 0) is 24.1 Å². The van der Waals surface area contributed by atoms with Crippen LogP contribution in [-0.4, -0.2) is 18.3 Å². The molecule has 1 aliphatic rings. The fourth-order valence-electron chi connectivity index (χ4n) is 3.03. The molecular weight excluding hydrogens is 391 g/mol. The Kier molecular flexibility index (Phi) is 5.38. The van der Waals surface area contributed by atoms with E-state index in [1.807, 2.05) is 0 Å². The lowest BCUT2D eigenvalue weighted by Gasteiger charge is -2.20. The first-order chi connectivity index (χ1) is 13.0. The van der Waals surface area contributed by atoms with E-state index in [4.69, 9.17) is 4.74 Å². The van der Waals surface area contributed by atoms with Crippen LogP contribution in [0.4, 0.5) is 18.2 Å². The molecule has 0 aliphatic carbocycles. The van der Waals surface area contributed by atoms with Gasteiger partial charge in [0.15, 0.2) is 5.78 Å². The van der Waals surface area contributed by atoms with Crippen molar-refractivity contribution in [2.75, 3.05) is 11.9 Å². The fourth-order valence-corrected chi connectivity index (χ4v) is 4.21. The molecule has 1 aliphatic heterocycles. The third kappa shape index (κ3) is 3.98. The van der Waals surface area contributed by atoms with Crippen molar-refractivity contribution in [3.05, 3.63) is 51.4 Å². The molecule has 150 valence electrons. The van der Waals surface area contributed by atoms with E-state index in [-0.39, 0.29) is 10.8 Å². The number of ketones is 1. The second-order valence-corrected chi connectivity index (χ2v) is 8.69. The maximum atomic E-state index is 13.2. The van der Waals surface area contributed by atoms with Gasteiger partial charge in [-0.2, -0.15) is 13.2 Å². The van der Waals surface area contributed by atoms with Gasteiger partial charge in [0.1, 0.15) is 5.00 Å². The molecule has 0 saturated heterocycles. The van der Waals surface area contributed by atoms with Crippen molar-refractivity contribution in [3.8, 4) is 0 Å². The molecule has 1 aromatic carbocycles. The van der Waals surface area contributed by atoms with Crippen LogP contribution in [0.1, 0.15) is 57.5 Å². The van der Waals surface area contributed by atoms with Crippen LogP contribution in [0, 0.1) is 5.41 Å². The Balaban J connectivity index is 2.03. The van der Waals surface area contributed by atoms with Crippen molar-refractivity contribution in [1.82, 2.24) is 0 Å². The van der Waals surface area contributed by atoms with Gasteiger partial charge in [-0.25, -0.2) is 0 Å². The second kappa shape index (κ2) is 7.33. The van der Waals surface area contributed by atoms with Gasteiger partial charge in [0.2, 0.25) is 0 Å². The van der Waals surface area contributed by atoms with E-state index in [1.165, 1.54) is 23.5 Å². The largest absolute Gasteiger partial charge is 0.417 e. The van der Waals surface area contributed by atoms with E-state index < -0.39 is 28.6 Å². The second-order valence-electron chi connectivity index (χ2n) is 7.59. The SMILES string of the molecule is CC(C)(C)C(=O)c1c(NC(=O)c2ccccc2C(F)(F)F)sc2c1CCOC2. The molecule has 0 radical (unpaired) electrons. The monoisotopic (exact) mass is 411 g/mol. The standard InChI is InChI=1S/C20H20F3NO3S/c1-19(2,3)16(25)15-12-8-9-27-10-14(12)28-18(15)24-17(26)11-6-4-5-7-13(11)20(21,22)23/h4-7H,8-10H2,1-3H3,(H,24,26). The van der Waals surface area contributed by atoms with Crippen molar-refractivity contribution < 1.29 is 27.5 Å². The summed E-state index contributed by atoms with van der Waals surface area (Å²) in [6, 6.07) is 4.59. The predicted octanol–water partition coefficient (Wildman–Crippen LogP) is 5.32. The average molecular weight is 411 g/mol. The molecule has 0 spiro atoms. The zero-order valence-corrected chi connectivity index (χ0v) is 16.5. The molecule has 0 fully saturated rings. The summed E-state index contributed by atoms with van der Waals surface area (Å²) >= 11 is 1.18. The molecule has 0 unspecified atom stereocenters.